The number of para-hydroxylation sites is 1. The van der Waals surface area contributed by atoms with Gasteiger partial charge in [-0.1, -0.05) is 18.2 Å². The first-order valence-corrected chi connectivity index (χ1v) is 4.84. The maximum Gasteiger partial charge on any atom is 0.306 e. The van der Waals surface area contributed by atoms with Crippen LogP contribution in [0.5, 0.6) is 5.75 Å². The molecule has 0 N–H and O–H groups in total. The lowest BCUT2D eigenvalue weighted by Crippen LogP contribution is -2.05. The third-order valence-corrected chi connectivity index (χ3v) is 1.49. The summed E-state index contributed by atoms with van der Waals surface area (Å²) in [6, 6.07) is 8.37. The van der Waals surface area contributed by atoms with Crippen LogP contribution in [0.2, 0.25) is 0 Å². The Balaban J connectivity index is 0.00000121. The van der Waals surface area contributed by atoms with E-state index in [0.29, 0.717) is 5.75 Å². The number of benzene rings is 1. The maximum absolute atomic E-state index is 10.6. The highest BCUT2D eigenvalue weighted by molar-refractivity contribution is 7.86. The SMILES string of the molecule is CS(=O)(=O)Oc1ccccc1.F. The average molecular weight is 192 g/mol. The van der Waals surface area contributed by atoms with E-state index in [1.165, 1.54) is 0 Å². The third kappa shape index (κ3) is 3.92. The molecule has 1 aromatic rings. The van der Waals surface area contributed by atoms with E-state index in [4.69, 9.17) is 0 Å². The number of hydrogen-bond acceptors (Lipinski definition) is 3. The van der Waals surface area contributed by atoms with E-state index in [9.17, 15) is 8.42 Å². The maximum atomic E-state index is 10.6. The van der Waals surface area contributed by atoms with Crippen molar-refractivity contribution >= 4 is 10.1 Å². The Hall–Kier alpha value is -1.10. The summed E-state index contributed by atoms with van der Waals surface area (Å²) in [7, 11) is -3.38. The molecule has 0 aliphatic heterocycles. The Morgan fingerprint density at radius 2 is 1.67 bits per heavy atom. The van der Waals surface area contributed by atoms with Gasteiger partial charge in [-0.25, -0.2) is 0 Å². The molecule has 0 saturated heterocycles. The predicted molar refractivity (Wildman–Crippen MR) is 44.4 cm³/mol. The standard InChI is InChI=1S/C7H8O3S.FH/c1-11(8,9)10-7-5-3-2-4-6-7;/h2-6H,1H3;1H. The second-order valence-corrected chi connectivity index (χ2v) is 3.68. The largest absolute Gasteiger partial charge is 0.383 e. The number of halogens is 1. The smallest absolute Gasteiger partial charge is 0.306 e. The van der Waals surface area contributed by atoms with Crippen LogP contribution in [-0.4, -0.2) is 14.7 Å². The monoisotopic (exact) mass is 192 g/mol. The van der Waals surface area contributed by atoms with Crippen molar-refractivity contribution in [3.8, 4) is 5.75 Å². The van der Waals surface area contributed by atoms with Crippen molar-refractivity contribution in [2.45, 2.75) is 0 Å². The minimum atomic E-state index is -3.38. The molecule has 5 heteroatoms. The van der Waals surface area contributed by atoms with Crippen molar-refractivity contribution in [2.24, 2.45) is 0 Å². The van der Waals surface area contributed by atoms with Crippen LogP contribution in [0, 0.1) is 0 Å². The lowest BCUT2D eigenvalue weighted by Gasteiger charge is -1.99. The van der Waals surface area contributed by atoms with Gasteiger partial charge in [0.2, 0.25) is 0 Å². The van der Waals surface area contributed by atoms with Gasteiger partial charge in [0.25, 0.3) is 0 Å². The summed E-state index contributed by atoms with van der Waals surface area (Å²) >= 11 is 0. The molecule has 0 aliphatic carbocycles. The van der Waals surface area contributed by atoms with Crippen LogP contribution in [-0.2, 0) is 10.1 Å². The molecule has 0 aromatic heterocycles. The fourth-order valence-corrected chi connectivity index (χ4v) is 1.11. The topological polar surface area (TPSA) is 43.4 Å². The van der Waals surface area contributed by atoms with E-state index in [-0.39, 0.29) is 4.70 Å². The van der Waals surface area contributed by atoms with Gasteiger partial charge in [-0.05, 0) is 12.1 Å². The van der Waals surface area contributed by atoms with Crippen LogP contribution in [0.4, 0.5) is 4.70 Å². The van der Waals surface area contributed by atoms with Crippen LogP contribution in [0.1, 0.15) is 0 Å². The van der Waals surface area contributed by atoms with Gasteiger partial charge in [0.1, 0.15) is 5.75 Å². The highest BCUT2D eigenvalue weighted by Gasteiger charge is 2.01. The molecule has 1 rings (SSSR count). The Kier molecular flexibility index (Phi) is 3.69. The van der Waals surface area contributed by atoms with Crippen LogP contribution >= 0.6 is 0 Å². The van der Waals surface area contributed by atoms with E-state index in [1.54, 1.807) is 30.3 Å². The third-order valence-electron chi connectivity index (χ3n) is 0.991. The molecule has 0 bridgehead atoms. The summed E-state index contributed by atoms with van der Waals surface area (Å²) in [4.78, 5) is 0. The summed E-state index contributed by atoms with van der Waals surface area (Å²) in [6.07, 6.45) is 1.01. The fourth-order valence-electron chi connectivity index (χ4n) is 0.651. The molecule has 12 heavy (non-hydrogen) atoms. The summed E-state index contributed by atoms with van der Waals surface area (Å²) in [5.41, 5.74) is 0. The Morgan fingerprint density at radius 1 is 1.17 bits per heavy atom. The lowest BCUT2D eigenvalue weighted by atomic mass is 10.3. The first-order valence-electron chi connectivity index (χ1n) is 3.02. The first kappa shape index (κ1) is 10.9. The molecule has 0 spiro atoms. The normalized spacial score (nSPS) is 10.1. The van der Waals surface area contributed by atoms with Crippen molar-refractivity contribution in [2.75, 3.05) is 6.26 Å². The molecular weight excluding hydrogens is 183 g/mol. The van der Waals surface area contributed by atoms with Crippen molar-refractivity contribution in [1.29, 1.82) is 0 Å². The van der Waals surface area contributed by atoms with Crippen LogP contribution in [0.25, 0.3) is 0 Å². The Morgan fingerprint density at radius 3 is 2.08 bits per heavy atom. The molecule has 1 aromatic carbocycles. The highest BCUT2D eigenvalue weighted by Crippen LogP contribution is 2.09. The van der Waals surface area contributed by atoms with Crippen molar-refractivity contribution < 1.29 is 17.3 Å². The Bertz CT molecular complexity index is 320. The minimum Gasteiger partial charge on any atom is -0.383 e. The van der Waals surface area contributed by atoms with Gasteiger partial charge in [0, 0.05) is 0 Å². The molecule has 0 fully saturated rings. The molecule has 0 heterocycles. The zero-order chi connectivity index (χ0) is 8.32. The molecule has 0 radical (unpaired) electrons. The van der Waals surface area contributed by atoms with Gasteiger partial charge in [-0.2, -0.15) is 8.42 Å². The second kappa shape index (κ2) is 4.06. The quantitative estimate of drug-likeness (QED) is 0.661. The molecule has 0 unspecified atom stereocenters. The van der Waals surface area contributed by atoms with Crippen molar-refractivity contribution in [3.05, 3.63) is 30.3 Å². The highest BCUT2D eigenvalue weighted by atomic mass is 32.2. The van der Waals surface area contributed by atoms with E-state index in [0.717, 1.165) is 6.26 Å². The van der Waals surface area contributed by atoms with Gasteiger partial charge in [0.15, 0.2) is 0 Å². The van der Waals surface area contributed by atoms with Crippen LogP contribution in [0.3, 0.4) is 0 Å². The lowest BCUT2D eigenvalue weighted by molar-refractivity contribution is 0.493. The van der Waals surface area contributed by atoms with Crippen LogP contribution in [0.15, 0.2) is 30.3 Å². The zero-order valence-electron chi connectivity index (χ0n) is 6.43. The Labute approximate surface area is 70.5 Å². The molecular formula is C7H9FO3S. The van der Waals surface area contributed by atoms with E-state index in [2.05, 4.69) is 4.18 Å². The summed E-state index contributed by atoms with van der Waals surface area (Å²) in [5, 5.41) is 0. The van der Waals surface area contributed by atoms with E-state index in [1.807, 2.05) is 0 Å². The van der Waals surface area contributed by atoms with Gasteiger partial charge in [0.05, 0.1) is 6.26 Å². The molecule has 0 amide bonds. The summed E-state index contributed by atoms with van der Waals surface area (Å²) in [5.74, 6) is 0.343. The first-order chi connectivity index (χ1) is 5.08. The zero-order valence-corrected chi connectivity index (χ0v) is 7.24. The van der Waals surface area contributed by atoms with Crippen molar-refractivity contribution in [3.63, 3.8) is 0 Å². The van der Waals surface area contributed by atoms with E-state index >= 15 is 0 Å². The molecule has 0 aliphatic rings. The minimum absolute atomic E-state index is 0. The van der Waals surface area contributed by atoms with Gasteiger partial charge in [-0.15, -0.1) is 0 Å². The number of rotatable bonds is 2. The van der Waals surface area contributed by atoms with Gasteiger partial charge >= 0.3 is 10.1 Å². The average Bonchev–Trinajstić information content (AvgIpc) is 1.85. The van der Waals surface area contributed by atoms with Crippen molar-refractivity contribution in [1.82, 2.24) is 0 Å². The van der Waals surface area contributed by atoms with E-state index < -0.39 is 10.1 Å². The molecule has 0 atom stereocenters. The van der Waals surface area contributed by atoms with Crippen LogP contribution < -0.4 is 4.18 Å². The second-order valence-electron chi connectivity index (χ2n) is 2.10. The molecule has 68 valence electrons. The van der Waals surface area contributed by atoms with Gasteiger partial charge in [-0.3, -0.25) is 4.70 Å². The fraction of sp³-hybridized carbons (Fsp3) is 0.143. The predicted octanol–water partition coefficient (Wildman–Crippen LogP) is 1.18. The molecule has 0 saturated carbocycles. The summed E-state index contributed by atoms with van der Waals surface area (Å²) in [6.45, 7) is 0. The number of hydrogen-bond donors (Lipinski definition) is 0. The molecule has 3 nitrogen and oxygen atoms in total. The summed E-state index contributed by atoms with van der Waals surface area (Å²) < 4.78 is 25.7. The van der Waals surface area contributed by atoms with Gasteiger partial charge < -0.3 is 4.18 Å².